The van der Waals surface area contributed by atoms with Crippen LogP contribution in [0.15, 0.2) is 52.5 Å². The maximum Gasteiger partial charge on any atom is 0.414 e. The van der Waals surface area contributed by atoms with Crippen molar-refractivity contribution in [2.45, 2.75) is 6.42 Å². The highest BCUT2D eigenvalue weighted by Gasteiger charge is 2.26. The van der Waals surface area contributed by atoms with Crippen LogP contribution in [0.1, 0.15) is 5.69 Å². The van der Waals surface area contributed by atoms with Gasteiger partial charge in [-0.15, -0.1) is 11.3 Å². The number of aromatic nitrogens is 1. The molecule has 3 heterocycles. The van der Waals surface area contributed by atoms with Crippen molar-refractivity contribution in [1.82, 2.24) is 4.98 Å². The second-order valence-corrected chi connectivity index (χ2v) is 6.49. The number of furan rings is 1. The second-order valence-electron chi connectivity index (χ2n) is 5.63. The molecule has 0 aliphatic carbocycles. The summed E-state index contributed by atoms with van der Waals surface area (Å²) in [5.74, 6) is 0.473. The van der Waals surface area contributed by atoms with Gasteiger partial charge in [-0.05, 0) is 24.3 Å². The Bertz CT molecular complexity index is 936. The van der Waals surface area contributed by atoms with Gasteiger partial charge in [0, 0.05) is 5.38 Å². The van der Waals surface area contributed by atoms with Crippen molar-refractivity contribution in [3.05, 3.63) is 53.7 Å². The van der Waals surface area contributed by atoms with Gasteiger partial charge in [0.1, 0.15) is 6.61 Å². The summed E-state index contributed by atoms with van der Waals surface area (Å²) in [6, 6.07) is 10.8. The second kappa shape index (κ2) is 7.01. The van der Waals surface area contributed by atoms with Gasteiger partial charge in [0.25, 0.3) is 0 Å². The first kappa shape index (κ1) is 16.3. The maximum absolute atomic E-state index is 12.4. The van der Waals surface area contributed by atoms with E-state index in [-0.39, 0.29) is 12.3 Å². The monoisotopic (exact) mass is 369 g/mol. The normalized spacial score (nSPS) is 13.7. The van der Waals surface area contributed by atoms with E-state index < -0.39 is 6.09 Å². The van der Waals surface area contributed by atoms with Crippen molar-refractivity contribution in [1.29, 1.82) is 0 Å². The highest BCUT2D eigenvalue weighted by atomic mass is 32.1. The molecule has 0 bridgehead atoms. The smallest absolute Gasteiger partial charge is 0.414 e. The van der Waals surface area contributed by atoms with Gasteiger partial charge < -0.3 is 14.5 Å². The molecule has 1 aliphatic heterocycles. The van der Waals surface area contributed by atoms with E-state index in [2.05, 4.69) is 10.3 Å². The van der Waals surface area contributed by atoms with Crippen molar-refractivity contribution in [2.75, 3.05) is 23.4 Å². The summed E-state index contributed by atoms with van der Waals surface area (Å²) in [5, 5.41) is 5.42. The first-order valence-corrected chi connectivity index (χ1v) is 8.90. The van der Waals surface area contributed by atoms with E-state index in [0.717, 1.165) is 5.01 Å². The number of rotatable bonds is 5. The third-order valence-electron chi connectivity index (χ3n) is 3.86. The molecule has 8 heteroatoms. The van der Waals surface area contributed by atoms with Crippen LogP contribution in [0.5, 0.6) is 0 Å². The Morgan fingerprint density at radius 1 is 1.27 bits per heavy atom. The first-order chi connectivity index (χ1) is 12.7. The lowest BCUT2D eigenvalue weighted by molar-refractivity contribution is -0.115. The van der Waals surface area contributed by atoms with E-state index in [4.69, 9.17) is 9.15 Å². The van der Waals surface area contributed by atoms with Crippen LogP contribution in [0.4, 0.5) is 16.2 Å². The molecular formula is C18H15N3O4S. The molecule has 26 heavy (non-hydrogen) atoms. The predicted molar refractivity (Wildman–Crippen MR) is 97.3 cm³/mol. The first-order valence-electron chi connectivity index (χ1n) is 8.02. The SMILES string of the molecule is O=C(Cc1csc(-c2ccco2)n1)Nc1ccccc1N1CCOC1=O. The molecule has 132 valence electrons. The number of ether oxygens (including phenoxy) is 1. The van der Waals surface area contributed by atoms with Crippen LogP contribution in [0.2, 0.25) is 0 Å². The number of carbonyl (C=O) groups is 2. The predicted octanol–water partition coefficient (Wildman–Crippen LogP) is 3.54. The average molecular weight is 369 g/mol. The Kier molecular flexibility index (Phi) is 4.40. The van der Waals surface area contributed by atoms with Gasteiger partial charge in [-0.1, -0.05) is 12.1 Å². The molecule has 2 aromatic heterocycles. The van der Waals surface area contributed by atoms with Crippen molar-refractivity contribution >= 4 is 34.7 Å². The Labute approximate surface area is 153 Å². The zero-order chi connectivity index (χ0) is 17.9. The summed E-state index contributed by atoms with van der Waals surface area (Å²) < 4.78 is 10.3. The zero-order valence-electron chi connectivity index (χ0n) is 13.7. The van der Waals surface area contributed by atoms with Crippen LogP contribution in [0.25, 0.3) is 10.8 Å². The minimum Gasteiger partial charge on any atom is -0.462 e. The quantitative estimate of drug-likeness (QED) is 0.743. The fourth-order valence-electron chi connectivity index (χ4n) is 2.69. The number of nitrogens with zero attached hydrogens (tertiary/aromatic N) is 2. The van der Waals surface area contributed by atoms with Crippen molar-refractivity contribution in [2.24, 2.45) is 0 Å². The molecule has 1 aliphatic rings. The highest BCUT2D eigenvalue weighted by Crippen LogP contribution is 2.28. The summed E-state index contributed by atoms with van der Waals surface area (Å²) >= 11 is 1.43. The maximum atomic E-state index is 12.4. The van der Waals surface area contributed by atoms with Gasteiger partial charge in [0.15, 0.2) is 10.8 Å². The minimum absolute atomic E-state index is 0.135. The number of para-hydroxylation sites is 2. The van der Waals surface area contributed by atoms with Gasteiger partial charge in [-0.2, -0.15) is 0 Å². The summed E-state index contributed by atoms with van der Waals surface area (Å²) in [5.41, 5.74) is 1.85. The van der Waals surface area contributed by atoms with Gasteiger partial charge in [0.2, 0.25) is 5.91 Å². The van der Waals surface area contributed by atoms with Crippen molar-refractivity contribution in [3.63, 3.8) is 0 Å². The molecule has 0 atom stereocenters. The standard InChI is InChI=1S/C18H15N3O4S/c22-16(10-12-11-26-17(19-12)15-6-3-8-24-15)20-13-4-1-2-5-14(13)21-7-9-25-18(21)23/h1-6,8,11H,7,9-10H2,(H,20,22). The molecule has 2 amide bonds. The van der Waals surface area contributed by atoms with E-state index in [1.807, 2.05) is 17.5 Å². The summed E-state index contributed by atoms with van der Waals surface area (Å²) in [6.07, 6.45) is 1.31. The zero-order valence-corrected chi connectivity index (χ0v) is 14.5. The van der Waals surface area contributed by atoms with Gasteiger partial charge in [-0.3, -0.25) is 9.69 Å². The number of carbonyl (C=O) groups excluding carboxylic acids is 2. The van der Waals surface area contributed by atoms with E-state index in [0.29, 0.717) is 36.0 Å². The number of amides is 2. The topological polar surface area (TPSA) is 84.7 Å². The van der Waals surface area contributed by atoms with Crippen molar-refractivity contribution < 1.29 is 18.7 Å². The van der Waals surface area contributed by atoms with Crippen molar-refractivity contribution in [3.8, 4) is 10.8 Å². The van der Waals surface area contributed by atoms with E-state index >= 15 is 0 Å². The fraction of sp³-hybridized carbons (Fsp3) is 0.167. The Balaban J connectivity index is 1.46. The molecule has 0 unspecified atom stereocenters. The average Bonchev–Trinajstić information content (AvgIpc) is 3.36. The van der Waals surface area contributed by atoms with Crippen LogP contribution < -0.4 is 10.2 Å². The lowest BCUT2D eigenvalue weighted by Crippen LogP contribution is -2.25. The number of nitrogens with one attached hydrogen (secondary N) is 1. The number of anilines is 2. The molecule has 7 nitrogen and oxygen atoms in total. The minimum atomic E-state index is -0.408. The van der Waals surface area contributed by atoms with Crippen LogP contribution in [0, 0.1) is 0 Å². The Morgan fingerprint density at radius 2 is 2.15 bits per heavy atom. The lowest BCUT2D eigenvalue weighted by Gasteiger charge is -2.17. The lowest BCUT2D eigenvalue weighted by atomic mass is 10.2. The van der Waals surface area contributed by atoms with E-state index in [9.17, 15) is 9.59 Å². The molecule has 0 saturated carbocycles. The number of hydrogen-bond donors (Lipinski definition) is 1. The number of hydrogen-bond acceptors (Lipinski definition) is 6. The van der Waals surface area contributed by atoms with Crippen LogP contribution in [-0.4, -0.2) is 30.1 Å². The van der Waals surface area contributed by atoms with Gasteiger partial charge in [0.05, 0.1) is 36.3 Å². The largest absolute Gasteiger partial charge is 0.462 e. The number of thiazole rings is 1. The molecule has 0 spiro atoms. The Morgan fingerprint density at radius 3 is 2.92 bits per heavy atom. The highest BCUT2D eigenvalue weighted by molar-refractivity contribution is 7.13. The molecule has 4 rings (SSSR count). The third kappa shape index (κ3) is 3.31. The van der Waals surface area contributed by atoms with Crippen LogP contribution in [-0.2, 0) is 16.0 Å². The van der Waals surface area contributed by atoms with Gasteiger partial charge in [-0.25, -0.2) is 9.78 Å². The Hall–Kier alpha value is -3.13. The molecule has 3 aromatic rings. The molecular weight excluding hydrogens is 354 g/mol. The number of cyclic esters (lactones) is 1. The molecule has 1 aromatic carbocycles. The number of benzene rings is 1. The molecule has 1 N–H and O–H groups in total. The molecule has 0 radical (unpaired) electrons. The molecule has 1 fully saturated rings. The summed E-state index contributed by atoms with van der Waals surface area (Å²) in [7, 11) is 0. The van der Waals surface area contributed by atoms with Crippen LogP contribution >= 0.6 is 11.3 Å². The van der Waals surface area contributed by atoms with Gasteiger partial charge >= 0.3 is 6.09 Å². The summed E-state index contributed by atoms with van der Waals surface area (Å²) in [4.78, 5) is 30.1. The van der Waals surface area contributed by atoms with E-state index in [1.54, 1.807) is 30.5 Å². The van der Waals surface area contributed by atoms with Crippen LogP contribution in [0.3, 0.4) is 0 Å². The third-order valence-corrected chi connectivity index (χ3v) is 4.76. The molecule has 1 saturated heterocycles. The summed E-state index contributed by atoms with van der Waals surface area (Å²) in [6.45, 7) is 0.805. The van der Waals surface area contributed by atoms with E-state index in [1.165, 1.54) is 16.2 Å². The fourth-order valence-corrected chi connectivity index (χ4v) is 3.47.